The zero-order valence-electron chi connectivity index (χ0n) is 10.6. The van der Waals surface area contributed by atoms with Crippen molar-refractivity contribution in [2.24, 2.45) is 17.6 Å². The minimum Gasteiger partial charge on any atom is -0.340 e. The third-order valence-electron chi connectivity index (χ3n) is 3.53. The third-order valence-corrected chi connectivity index (χ3v) is 3.53. The summed E-state index contributed by atoms with van der Waals surface area (Å²) >= 11 is 0. The van der Waals surface area contributed by atoms with Crippen molar-refractivity contribution in [2.45, 2.75) is 46.1 Å². The Bertz CT molecular complexity index is 221. The fraction of sp³-hybridized carbons (Fsp3) is 0.917. The second kappa shape index (κ2) is 7.13. The van der Waals surface area contributed by atoms with Crippen LogP contribution in [0, 0.1) is 11.8 Å². The molecule has 1 amide bonds. The second-order valence-corrected chi connectivity index (χ2v) is 4.75. The van der Waals surface area contributed by atoms with Crippen LogP contribution in [0.3, 0.4) is 0 Å². The average molecular weight is 249 g/mol. The van der Waals surface area contributed by atoms with Crippen LogP contribution in [0.25, 0.3) is 0 Å². The van der Waals surface area contributed by atoms with Gasteiger partial charge in [-0.3, -0.25) is 4.79 Å². The molecule has 0 aromatic heterocycles. The smallest absolute Gasteiger partial charge is 0.226 e. The molecule has 4 heteroatoms. The highest BCUT2D eigenvalue weighted by Crippen LogP contribution is 2.32. The number of nitrogens with two attached hydrogens (primary N) is 1. The first kappa shape index (κ1) is 15.7. The van der Waals surface area contributed by atoms with Gasteiger partial charge in [-0.15, -0.1) is 12.4 Å². The van der Waals surface area contributed by atoms with Crippen LogP contribution in [-0.4, -0.2) is 29.9 Å². The van der Waals surface area contributed by atoms with Crippen molar-refractivity contribution in [1.82, 2.24) is 4.90 Å². The Balaban J connectivity index is 0.00000225. The number of carbonyl (C=O) groups excluding carboxylic acids is 1. The largest absolute Gasteiger partial charge is 0.340 e. The lowest BCUT2D eigenvalue weighted by Crippen LogP contribution is -2.42. The summed E-state index contributed by atoms with van der Waals surface area (Å²) in [6.07, 6.45) is 3.32. The number of rotatable bonds is 4. The molecule has 1 aliphatic rings. The van der Waals surface area contributed by atoms with E-state index in [0.29, 0.717) is 24.4 Å². The molecule has 0 spiro atoms. The molecule has 0 heterocycles. The van der Waals surface area contributed by atoms with E-state index in [9.17, 15) is 4.79 Å². The van der Waals surface area contributed by atoms with Crippen LogP contribution in [0.4, 0.5) is 0 Å². The summed E-state index contributed by atoms with van der Waals surface area (Å²) in [4.78, 5) is 14.2. The van der Waals surface area contributed by atoms with Crippen molar-refractivity contribution in [3.63, 3.8) is 0 Å². The second-order valence-electron chi connectivity index (χ2n) is 4.75. The van der Waals surface area contributed by atoms with Gasteiger partial charge in [-0.2, -0.15) is 0 Å². The zero-order chi connectivity index (χ0) is 11.4. The normalized spacial score (nSPS) is 24.3. The van der Waals surface area contributed by atoms with Crippen molar-refractivity contribution >= 4 is 18.3 Å². The number of nitrogens with zero attached hydrogens (tertiary/aromatic N) is 1. The van der Waals surface area contributed by atoms with E-state index in [4.69, 9.17) is 5.73 Å². The number of hydrogen-bond acceptors (Lipinski definition) is 2. The molecule has 1 saturated carbocycles. The lowest BCUT2D eigenvalue weighted by molar-refractivity contribution is -0.138. The molecule has 0 radical (unpaired) electrons. The van der Waals surface area contributed by atoms with Gasteiger partial charge in [0.25, 0.3) is 0 Å². The highest BCUT2D eigenvalue weighted by atomic mass is 35.5. The van der Waals surface area contributed by atoms with Crippen LogP contribution in [0.5, 0.6) is 0 Å². The van der Waals surface area contributed by atoms with Crippen LogP contribution in [0.1, 0.15) is 40.0 Å². The summed E-state index contributed by atoms with van der Waals surface area (Å²) in [6, 6.07) is 0.307. The molecule has 1 fully saturated rings. The first-order valence-electron chi connectivity index (χ1n) is 6.12. The molecule has 1 aliphatic carbocycles. The van der Waals surface area contributed by atoms with Gasteiger partial charge in [0.1, 0.15) is 0 Å². The van der Waals surface area contributed by atoms with Crippen molar-refractivity contribution in [2.75, 3.05) is 13.1 Å². The predicted octanol–water partition coefficient (Wildman–Crippen LogP) is 2.04. The molecule has 96 valence electrons. The average Bonchev–Trinajstić information content (AvgIpc) is 2.65. The van der Waals surface area contributed by atoms with Crippen LogP contribution in [0.2, 0.25) is 0 Å². The maximum Gasteiger partial charge on any atom is 0.226 e. The molecule has 0 unspecified atom stereocenters. The molecule has 2 atom stereocenters. The fourth-order valence-corrected chi connectivity index (χ4v) is 2.63. The van der Waals surface area contributed by atoms with E-state index in [1.807, 2.05) is 11.8 Å². The van der Waals surface area contributed by atoms with E-state index in [0.717, 1.165) is 25.8 Å². The van der Waals surface area contributed by atoms with Gasteiger partial charge in [0, 0.05) is 18.5 Å². The topological polar surface area (TPSA) is 46.3 Å². The van der Waals surface area contributed by atoms with Crippen LogP contribution < -0.4 is 5.73 Å². The standard InChI is InChI=1S/C12H24N2O.ClH/c1-4-14(9(2)3)12(15)11-7-5-6-10(11)8-13;/h9-11H,4-8,13H2,1-3H3;1H/t10-,11-;/m1./s1. The molecule has 1 rings (SSSR count). The lowest BCUT2D eigenvalue weighted by Gasteiger charge is -2.30. The van der Waals surface area contributed by atoms with Crippen molar-refractivity contribution in [3.8, 4) is 0 Å². The SMILES string of the molecule is CCN(C(=O)[C@@H]1CCC[C@@H]1CN)C(C)C.Cl. The highest BCUT2D eigenvalue weighted by molar-refractivity contribution is 5.85. The Hall–Kier alpha value is -0.280. The molecule has 2 N–H and O–H groups in total. The summed E-state index contributed by atoms with van der Waals surface area (Å²) in [5.41, 5.74) is 5.71. The monoisotopic (exact) mass is 248 g/mol. The van der Waals surface area contributed by atoms with E-state index in [1.165, 1.54) is 0 Å². The summed E-state index contributed by atoms with van der Waals surface area (Å²) in [5, 5.41) is 0. The summed E-state index contributed by atoms with van der Waals surface area (Å²) in [6.45, 7) is 7.67. The molecule has 0 saturated heterocycles. The summed E-state index contributed by atoms with van der Waals surface area (Å²) in [5.74, 6) is 0.933. The molecule has 0 aromatic rings. The zero-order valence-corrected chi connectivity index (χ0v) is 11.4. The van der Waals surface area contributed by atoms with Gasteiger partial charge in [0.15, 0.2) is 0 Å². The van der Waals surface area contributed by atoms with Crippen molar-refractivity contribution < 1.29 is 4.79 Å². The van der Waals surface area contributed by atoms with E-state index in [1.54, 1.807) is 0 Å². The minimum absolute atomic E-state index is 0. The Labute approximate surface area is 105 Å². The predicted molar refractivity (Wildman–Crippen MR) is 69.7 cm³/mol. The van der Waals surface area contributed by atoms with Gasteiger partial charge in [-0.05, 0) is 46.1 Å². The number of carbonyl (C=O) groups is 1. The van der Waals surface area contributed by atoms with Crippen LogP contribution >= 0.6 is 12.4 Å². The molecular formula is C12H25ClN2O. The summed E-state index contributed by atoms with van der Waals surface area (Å²) < 4.78 is 0. The van der Waals surface area contributed by atoms with E-state index < -0.39 is 0 Å². The highest BCUT2D eigenvalue weighted by Gasteiger charge is 2.34. The van der Waals surface area contributed by atoms with Gasteiger partial charge < -0.3 is 10.6 Å². The summed E-state index contributed by atoms with van der Waals surface area (Å²) in [7, 11) is 0. The Morgan fingerprint density at radius 1 is 1.44 bits per heavy atom. The quantitative estimate of drug-likeness (QED) is 0.828. The maximum absolute atomic E-state index is 12.3. The van der Waals surface area contributed by atoms with E-state index in [2.05, 4.69) is 13.8 Å². The Morgan fingerprint density at radius 2 is 2.06 bits per heavy atom. The molecule has 0 aromatic carbocycles. The lowest BCUT2D eigenvalue weighted by atomic mass is 9.94. The van der Waals surface area contributed by atoms with Gasteiger partial charge >= 0.3 is 0 Å². The maximum atomic E-state index is 12.3. The molecule has 16 heavy (non-hydrogen) atoms. The number of hydrogen-bond donors (Lipinski definition) is 1. The Kier molecular flexibility index (Phi) is 7.00. The van der Waals surface area contributed by atoms with Gasteiger partial charge in [0.05, 0.1) is 0 Å². The molecular weight excluding hydrogens is 224 g/mol. The van der Waals surface area contributed by atoms with Gasteiger partial charge in [0.2, 0.25) is 5.91 Å². The number of halogens is 1. The Morgan fingerprint density at radius 3 is 2.50 bits per heavy atom. The fourth-order valence-electron chi connectivity index (χ4n) is 2.63. The van der Waals surface area contributed by atoms with Crippen LogP contribution in [0.15, 0.2) is 0 Å². The van der Waals surface area contributed by atoms with Crippen LogP contribution in [-0.2, 0) is 4.79 Å². The van der Waals surface area contributed by atoms with Crippen molar-refractivity contribution in [1.29, 1.82) is 0 Å². The van der Waals surface area contributed by atoms with Gasteiger partial charge in [-0.1, -0.05) is 6.42 Å². The molecule has 3 nitrogen and oxygen atoms in total. The minimum atomic E-state index is 0. The first-order valence-corrected chi connectivity index (χ1v) is 6.12. The molecule has 0 aliphatic heterocycles. The van der Waals surface area contributed by atoms with Crippen molar-refractivity contribution in [3.05, 3.63) is 0 Å². The van der Waals surface area contributed by atoms with E-state index in [-0.39, 0.29) is 18.3 Å². The van der Waals surface area contributed by atoms with E-state index >= 15 is 0 Å². The third kappa shape index (κ3) is 3.36. The number of amides is 1. The van der Waals surface area contributed by atoms with Gasteiger partial charge in [-0.25, -0.2) is 0 Å². The first-order chi connectivity index (χ1) is 7.11. The molecule has 0 bridgehead atoms.